The van der Waals surface area contributed by atoms with Gasteiger partial charge in [0.15, 0.2) is 0 Å². The fraction of sp³-hybridized carbons (Fsp3) is 0.111. The zero-order valence-corrected chi connectivity index (χ0v) is 7.74. The summed E-state index contributed by atoms with van der Waals surface area (Å²) >= 11 is 0. The molecule has 2 heterocycles. The van der Waals surface area contributed by atoms with Crippen LogP contribution in [0.5, 0.6) is 0 Å². The van der Waals surface area contributed by atoms with E-state index in [9.17, 15) is 4.79 Å². The van der Waals surface area contributed by atoms with Gasteiger partial charge >= 0.3 is 5.97 Å². The Morgan fingerprint density at radius 2 is 2.27 bits per heavy atom. The van der Waals surface area contributed by atoms with Gasteiger partial charge in [-0.1, -0.05) is 0 Å². The van der Waals surface area contributed by atoms with Gasteiger partial charge in [0.05, 0.1) is 6.20 Å². The molecule has 15 heavy (non-hydrogen) atoms. The first kappa shape index (κ1) is 9.32. The molecule has 6 nitrogen and oxygen atoms in total. The molecule has 0 bridgehead atoms. The monoisotopic (exact) mass is 204 g/mol. The third-order valence-corrected chi connectivity index (χ3v) is 1.76. The number of aliphatic carboxylic acids is 1. The standard InChI is InChI=1S/C9H8N4O2/c14-9(15)6-13-4-1-7(12-13)8-5-10-2-3-11-8/h1-5H,6H2,(H,14,15). The minimum atomic E-state index is -0.927. The predicted molar refractivity (Wildman–Crippen MR) is 50.9 cm³/mol. The van der Waals surface area contributed by atoms with E-state index < -0.39 is 5.97 Å². The summed E-state index contributed by atoms with van der Waals surface area (Å²) in [5.74, 6) is -0.927. The lowest BCUT2D eigenvalue weighted by Crippen LogP contribution is -2.08. The predicted octanol–water partition coefficient (Wildman–Crippen LogP) is 0.425. The highest BCUT2D eigenvalue weighted by atomic mass is 16.4. The van der Waals surface area contributed by atoms with Crippen molar-refractivity contribution in [3.05, 3.63) is 30.9 Å². The fourth-order valence-electron chi connectivity index (χ4n) is 1.16. The summed E-state index contributed by atoms with van der Waals surface area (Å²) in [6.07, 6.45) is 6.30. The van der Waals surface area contributed by atoms with E-state index in [1.165, 1.54) is 4.68 Å². The Bertz CT molecular complexity index is 466. The molecule has 6 heteroatoms. The molecule has 0 saturated heterocycles. The van der Waals surface area contributed by atoms with Gasteiger partial charge in [0.2, 0.25) is 0 Å². The number of rotatable bonds is 3. The lowest BCUT2D eigenvalue weighted by atomic mass is 10.3. The summed E-state index contributed by atoms with van der Waals surface area (Å²) in [6.45, 7) is -0.153. The van der Waals surface area contributed by atoms with Crippen molar-refractivity contribution in [1.82, 2.24) is 19.7 Å². The van der Waals surface area contributed by atoms with Crippen LogP contribution < -0.4 is 0 Å². The number of carboxylic acids is 1. The molecule has 0 radical (unpaired) electrons. The number of nitrogens with zero attached hydrogens (tertiary/aromatic N) is 4. The maximum Gasteiger partial charge on any atom is 0.325 e. The Labute approximate surface area is 85.2 Å². The van der Waals surface area contributed by atoms with Crippen LogP contribution in [0.4, 0.5) is 0 Å². The van der Waals surface area contributed by atoms with Crippen LogP contribution in [-0.2, 0) is 11.3 Å². The summed E-state index contributed by atoms with van der Waals surface area (Å²) in [5.41, 5.74) is 1.24. The van der Waals surface area contributed by atoms with Gasteiger partial charge in [-0.15, -0.1) is 0 Å². The lowest BCUT2D eigenvalue weighted by Gasteiger charge is -1.95. The summed E-state index contributed by atoms with van der Waals surface area (Å²) in [7, 11) is 0. The lowest BCUT2D eigenvalue weighted by molar-refractivity contribution is -0.137. The van der Waals surface area contributed by atoms with Gasteiger partial charge in [0, 0.05) is 18.6 Å². The minimum absolute atomic E-state index is 0.153. The van der Waals surface area contributed by atoms with Gasteiger partial charge in [0.25, 0.3) is 0 Å². The highest BCUT2D eigenvalue weighted by Gasteiger charge is 2.05. The third-order valence-electron chi connectivity index (χ3n) is 1.76. The van der Waals surface area contributed by atoms with E-state index in [1.54, 1.807) is 30.9 Å². The second kappa shape index (κ2) is 3.87. The number of hydrogen-bond acceptors (Lipinski definition) is 4. The molecule has 2 aromatic heterocycles. The molecular formula is C9H8N4O2. The van der Waals surface area contributed by atoms with Crippen molar-refractivity contribution in [3.63, 3.8) is 0 Å². The quantitative estimate of drug-likeness (QED) is 0.783. The van der Waals surface area contributed by atoms with Gasteiger partial charge < -0.3 is 5.11 Å². The van der Waals surface area contributed by atoms with E-state index in [4.69, 9.17) is 5.11 Å². The Morgan fingerprint density at radius 1 is 1.40 bits per heavy atom. The van der Waals surface area contributed by atoms with Crippen LogP contribution in [-0.4, -0.2) is 30.8 Å². The first-order chi connectivity index (χ1) is 7.25. The summed E-state index contributed by atoms with van der Waals surface area (Å²) in [5, 5.41) is 12.6. The molecule has 1 N–H and O–H groups in total. The number of carbonyl (C=O) groups is 1. The average molecular weight is 204 g/mol. The molecule has 0 unspecified atom stereocenters. The van der Waals surface area contributed by atoms with Gasteiger partial charge in [-0.25, -0.2) is 0 Å². The average Bonchev–Trinajstić information content (AvgIpc) is 2.67. The van der Waals surface area contributed by atoms with Crippen LogP contribution >= 0.6 is 0 Å². The largest absolute Gasteiger partial charge is 0.480 e. The molecule has 0 fully saturated rings. The number of aromatic nitrogens is 4. The van der Waals surface area contributed by atoms with Crippen molar-refractivity contribution in [3.8, 4) is 11.4 Å². The Hall–Kier alpha value is -2.24. The van der Waals surface area contributed by atoms with Gasteiger partial charge in [0.1, 0.15) is 17.9 Å². The van der Waals surface area contributed by atoms with Gasteiger partial charge in [-0.3, -0.25) is 19.4 Å². The Kier molecular flexibility index (Phi) is 2.40. The van der Waals surface area contributed by atoms with E-state index in [1.807, 2.05) is 0 Å². The smallest absolute Gasteiger partial charge is 0.325 e. The molecule has 2 rings (SSSR count). The molecule has 0 aliphatic carbocycles. The van der Waals surface area contributed by atoms with E-state index in [-0.39, 0.29) is 6.54 Å². The van der Waals surface area contributed by atoms with Gasteiger partial charge in [-0.05, 0) is 6.07 Å². The van der Waals surface area contributed by atoms with Crippen LogP contribution in [0.1, 0.15) is 0 Å². The van der Waals surface area contributed by atoms with Crippen molar-refractivity contribution in [1.29, 1.82) is 0 Å². The SMILES string of the molecule is O=C(O)Cn1ccc(-c2cnccn2)n1. The Balaban J connectivity index is 2.24. The molecule has 0 aromatic carbocycles. The fourth-order valence-corrected chi connectivity index (χ4v) is 1.16. The maximum absolute atomic E-state index is 10.4. The van der Waals surface area contributed by atoms with Crippen molar-refractivity contribution in [2.75, 3.05) is 0 Å². The molecule has 0 amide bonds. The highest BCUT2D eigenvalue weighted by Crippen LogP contribution is 2.11. The second-order valence-electron chi connectivity index (χ2n) is 2.88. The maximum atomic E-state index is 10.4. The normalized spacial score (nSPS) is 10.1. The molecule has 76 valence electrons. The first-order valence-corrected chi connectivity index (χ1v) is 4.27. The van der Waals surface area contributed by atoms with E-state index in [0.29, 0.717) is 11.4 Å². The second-order valence-corrected chi connectivity index (χ2v) is 2.88. The molecule has 0 aliphatic rings. The zero-order valence-electron chi connectivity index (χ0n) is 7.74. The van der Waals surface area contributed by atoms with Crippen molar-refractivity contribution >= 4 is 5.97 Å². The molecule has 0 atom stereocenters. The zero-order chi connectivity index (χ0) is 10.7. The Morgan fingerprint density at radius 3 is 2.93 bits per heavy atom. The minimum Gasteiger partial charge on any atom is -0.480 e. The van der Waals surface area contributed by atoms with Crippen LogP contribution in [0.3, 0.4) is 0 Å². The van der Waals surface area contributed by atoms with Gasteiger partial charge in [-0.2, -0.15) is 5.10 Å². The van der Waals surface area contributed by atoms with Crippen LogP contribution in [0.25, 0.3) is 11.4 Å². The molecule has 2 aromatic rings. The van der Waals surface area contributed by atoms with E-state index >= 15 is 0 Å². The van der Waals surface area contributed by atoms with Crippen molar-refractivity contribution in [2.24, 2.45) is 0 Å². The summed E-state index contributed by atoms with van der Waals surface area (Å²) in [6, 6.07) is 1.70. The highest BCUT2D eigenvalue weighted by molar-refractivity contribution is 5.66. The topological polar surface area (TPSA) is 80.9 Å². The number of hydrogen-bond donors (Lipinski definition) is 1. The van der Waals surface area contributed by atoms with E-state index in [2.05, 4.69) is 15.1 Å². The van der Waals surface area contributed by atoms with Crippen molar-refractivity contribution in [2.45, 2.75) is 6.54 Å². The molecule has 0 saturated carbocycles. The van der Waals surface area contributed by atoms with Crippen molar-refractivity contribution < 1.29 is 9.90 Å². The summed E-state index contributed by atoms with van der Waals surface area (Å²) < 4.78 is 1.34. The third kappa shape index (κ3) is 2.16. The molecule has 0 aliphatic heterocycles. The number of carboxylic acid groups (broad SMARTS) is 1. The first-order valence-electron chi connectivity index (χ1n) is 4.27. The molecular weight excluding hydrogens is 196 g/mol. The van der Waals surface area contributed by atoms with Crippen LogP contribution in [0.2, 0.25) is 0 Å². The van der Waals surface area contributed by atoms with E-state index in [0.717, 1.165) is 0 Å². The molecule has 0 spiro atoms. The van der Waals surface area contributed by atoms with Crippen LogP contribution in [0, 0.1) is 0 Å². The summed E-state index contributed by atoms with van der Waals surface area (Å²) in [4.78, 5) is 18.4. The van der Waals surface area contributed by atoms with Crippen LogP contribution in [0.15, 0.2) is 30.9 Å².